The predicted octanol–water partition coefficient (Wildman–Crippen LogP) is 3.97. The second kappa shape index (κ2) is 4.98. The zero-order valence-electron chi connectivity index (χ0n) is 10.7. The molecule has 0 saturated carbocycles. The van der Waals surface area contributed by atoms with Gasteiger partial charge >= 0.3 is 0 Å². The smallest absolute Gasteiger partial charge is 0.165 e. The van der Waals surface area contributed by atoms with Gasteiger partial charge in [-0.2, -0.15) is 5.10 Å². The topological polar surface area (TPSA) is 27.1 Å². The Morgan fingerprint density at radius 3 is 2.58 bits per heavy atom. The van der Waals surface area contributed by atoms with Crippen molar-refractivity contribution < 1.29 is 4.74 Å². The monoisotopic (exact) mass is 250 g/mol. The molecular weight excluding hydrogens is 236 g/mol. The molecule has 2 aromatic carbocycles. The average molecular weight is 250 g/mol. The van der Waals surface area contributed by atoms with E-state index in [1.807, 2.05) is 53.3 Å². The molecule has 3 aromatic rings. The van der Waals surface area contributed by atoms with Gasteiger partial charge in [-0.1, -0.05) is 30.3 Å². The van der Waals surface area contributed by atoms with Gasteiger partial charge in [-0.15, -0.1) is 0 Å². The zero-order chi connectivity index (χ0) is 13.1. The summed E-state index contributed by atoms with van der Waals surface area (Å²) in [5.74, 6) is 1.54. The second-order valence-corrected chi connectivity index (χ2v) is 4.37. The normalized spacial score (nSPS) is 10.4. The van der Waals surface area contributed by atoms with Crippen LogP contribution >= 0.6 is 0 Å². The van der Waals surface area contributed by atoms with Gasteiger partial charge in [-0.3, -0.25) is 0 Å². The van der Waals surface area contributed by atoms with Crippen molar-refractivity contribution in [1.29, 1.82) is 0 Å². The number of para-hydroxylation sites is 1. The van der Waals surface area contributed by atoms with E-state index in [2.05, 4.69) is 24.2 Å². The minimum absolute atomic E-state index is 0.729. The lowest BCUT2D eigenvalue weighted by molar-refractivity contribution is 0.482. The number of benzene rings is 2. The Bertz CT molecular complexity index is 674. The standard InChI is InChI=1S/C16H14N2O/c1-13-6-5-7-14(10-13)18-12-16(11-17-18)19-15-8-3-2-4-9-15/h2-12H,1H3. The number of hydrogen-bond donors (Lipinski definition) is 0. The third-order valence-electron chi connectivity index (χ3n) is 2.80. The zero-order valence-corrected chi connectivity index (χ0v) is 10.7. The van der Waals surface area contributed by atoms with Crippen molar-refractivity contribution in [1.82, 2.24) is 9.78 Å². The van der Waals surface area contributed by atoms with Crippen molar-refractivity contribution in [3.63, 3.8) is 0 Å². The van der Waals surface area contributed by atoms with Crippen LogP contribution in [0.2, 0.25) is 0 Å². The summed E-state index contributed by atoms with van der Waals surface area (Å²) >= 11 is 0. The molecule has 94 valence electrons. The van der Waals surface area contributed by atoms with Crippen LogP contribution in [0.4, 0.5) is 0 Å². The quantitative estimate of drug-likeness (QED) is 0.703. The highest BCUT2D eigenvalue weighted by Gasteiger charge is 2.03. The van der Waals surface area contributed by atoms with Crippen LogP contribution in [0.1, 0.15) is 5.56 Å². The molecule has 0 amide bonds. The number of aryl methyl sites for hydroxylation is 1. The highest BCUT2D eigenvalue weighted by molar-refractivity contribution is 5.36. The van der Waals surface area contributed by atoms with Crippen LogP contribution in [0.25, 0.3) is 5.69 Å². The van der Waals surface area contributed by atoms with Gasteiger partial charge in [0.05, 0.1) is 18.1 Å². The summed E-state index contributed by atoms with van der Waals surface area (Å²) in [5.41, 5.74) is 2.24. The molecule has 1 aromatic heterocycles. The van der Waals surface area contributed by atoms with E-state index >= 15 is 0 Å². The fraction of sp³-hybridized carbons (Fsp3) is 0.0625. The molecule has 0 atom stereocenters. The van der Waals surface area contributed by atoms with Gasteiger partial charge in [-0.05, 0) is 36.8 Å². The molecule has 19 heavy (non-hydrogen) atoms. The van der Waals surface area contributed by atoms with Crippen molar-refractivity contribution in [2.45, 2.75) is 6.92 Å². The van der Waals surface area contributed by atoms with E-state index < -0.39 is 0 Å². The number of hydrogen-bond acceptors (Lipinski definition) is 2. The molecule has 0 radical (unpaired) electrons. The van der Waals surface area contributed by atoms with Gasteiger partial charge in [0.2, 0.25) is 0 Å². The predicted molar refractivity (Wildman–Crippen MR) is 74.8 cm³/mol. The molecule has 0 spiro atoms. The maximum absolute atomic E-state index is 5.73. The Balaban J connectivity index is 1.84. The van der Waals surface area contributed by atoms with E-state index in [1.165, 1.54) is 5.56 Å². The maximum Gasteiger partial charge on any atom is 0.165 e. The molecule has 0 bridgehead atoms. The molecule has 3 nitrogen and oxygen atoms in total. The van der Waals surface area contributed by atoms with E-state index in [0.29, 0.717) is 0 Å². The van der Waals surface area contributed by atoms with Crippen LogP contribution in [-0.4, -0.2) is 9.78 Å². The summed E-state index contributed by atoms with van der Waals surface area (Å²) in [5, 5.41) is 4.32. The number of nitrogens with zero attached hydrogens (tertiary/aromatic N) is 2. The van der Waals surface area contributed by atoms with Crippen molar-refractivity contribution in [3.8, 4) is 17.2 Å². The largest absolute Gasteiger partial charge is 0.454 e. The van der Waals surface area contributed by atoms with Crippen LogP contribution in [0, 0.1) is 6.92 Å². The minimum atomic E-state index is 0.729. The summed E-state index contributed by atoms with van der Waals surface area (Å²) in [6.07, 6.45) is 3.59. The summed E-state index contributed by atoms with van der Waals surface area (Å²) in [6, 6.07) is 17.9. The van der Waals surface area contributed by atoms with Crippen LogP contribution in [0.15, 0.2) is 67.0 Å². The molecular formula is C16H14N2O. The molecule has 0 fully saturated rings. The highest BCUT2D eigenvalue weighted by atomic mass is 16.5. The lowest BCUT2D eigenvalue weighted by Crippen LogP contribution is -1.93. The second-order valence-electron chi connectivity index (χ2n) is 4.37. The first kappa shape index (κ1) is 11.5. The van der Waals surface area contributed by atoms with E-state index in [0.717, 1.165) is 17.2 Å². The lowest BCUT2D eigenvalue weighted by Gasteiger charge is -2.02. The van der Waals surface area contributed by atoms with Crippen LogP contribution in [-0.2, 0) is 0 Å². The first-order valence-corrected chi connectivity index (χ1v) is 6.16. The molecule has 0 aliphatic heterocycles. The van der Waals surface area contributed by atoms with Gasteiger partial charge in [0, 0.05) is 0 Å². The molecule has 3 heteroatoms. The van der Waals surface area contributed by atoms with Crippen molar-refractivity contribution in [2.24, 2.45) is 0 Å². The van der Waals surface area contributed by atoms with Crippen LogP contribution in [0.5, 0.6) is 11.5 Å². The van der Waals surface area contributed by atoms with Crippen molar-refractivity contribution >= 4 is 0 Å². The van der Waals surface area contributed by atoms with E-state index in [-0.39, 0.29) is 0 Å². The highest BCUT2D eigenvalue weighted by Crippen LogP contribution is 2.21. The Kier molecular flexibility index (Phi) is 3.02. The molecule has 3 rings (SSSR count). The SMILES string of the molecule is Cc1cccc(-n2cc(Oc3ccccc3)cn2)c1. The van der Waals surface area contributed by atoms with Crippen molar-refractivity contribution in [3.05, 3.63) is 72.6 Å². The van der Waals surface area contributed by atoms with E-state index in [9.17, 15) is 0 Å². The third-order valence-corrected chi connectivity index (χ3v) is 2.80. The van der Waals surface area contributed by atoms with Gasteiger partial charge in [0.1, 0.15) is 5.75 Å². The van der Waals surface area contributed by atoms with Crippen LogP contribution < -0.4 is 4.74 Å². The summed E-state index contributed by atoms with van der Waals surface area (Å²) < 4.78 is 7.54. The van der Waals surface area contributed by atoms with Gasteiger partial charge in [0.15, 0.2) is 5.75 Å². The Morgan fingerprint density at radius 1 is 0.947 bits per heavy atom. The number of rotatable bonds is 3. The molecule has 0 saturated heterocycles. The molecule has 0 N–H and O–H groups in total. The minimum Gasteiger partial charge on any atom is -0.454 e. The number of ether oxygens (including phenoxy) is 1. The Morgan fingerprint density at radius 2 is 1.79 bits per heavy atom. The maximum atomic E-state index is 5.73. The van der Waals surface area contributed by atoms with Gasteiger partial charge in [-0.25, -0.2) is 4.68 Å². The Labute approximate surface area is 112 Å². The third kappa shape index (κ3) is 2.65. The molecule has 0 unspecified atom stereocenters. The fourth-order valence-electron chi connectivity index (χ4n) is 1.90. The number of aromatic nitrogens is 2. The van der Waals surface area contributed by atoms with E-state index in [4.69, 9.17) is 4.74 Å². The van der Waals surface area contributed by atoms with Crippen molar-refractivity contribution in [2.75, 3.05) is 0 Å². The molecule has 0 aliphatic carbocycles. The fourth-order valence-corrected chi connectivity index (χ4v) is 1.90. The van der Waals surface area contributed by atoms with Gasteiger partial charge in [0.25, 0.3) is 0 Å². The molecule has 0 aliphatic rings. The first-order valence-electron chi connectivity index (χ1n) is 6.16. The summed E-state index contributed by atoms with van der Waals surface area (Å²) in [7, 11) is 0. The average Bonchev–Trinajstić information content (AvgIpc) is 2.88. The lowest BCUT2D eigenvalue weighted by atomic mass is 10.2. The first-order chi connectivity index (χ1) is 9.31. The van der Waals surface area contributed by atoms with Gasteiger partial charge < -0.3 is 4.74 Å². The van der Waals surface area contributed by atoms with Crippen LogP contribution in [0.3, 0.4) is 0 Å². The Hall–Kier alpha value is -2.55. The summed E-state index contributed by atoms with van der Waals surface area (Å²) in [4.78, 5) is 0. The molecule has 1 heterocycles. The summed E-state index contributed by atoms with van der Waals surface area (Å²) in [6.45, 7) is 2.06. The van der Waals surface area contributed by atoms with E-state index in [1.54, 1.807) is 6.20 Å².